The summed E-state index contributed by atoms with van der Waals surface area (Å²) in [4.78, 5) is 37.0. The number of benzene rings is 2. The minimum Gasteiger partial charge on any atom is -0.324 e. The summed E-state index contributed by atoms with van der Waals surface area (Å²) in [7, 11) is 0. The van der Waals surface area contributed by atoms with E-state index < -0.39 is 17.7 Å². The van der Waals surface area contributed by atoms with Crippen LogP contribution in [0.25, 0.3) is 0 Å². The van der Waals surface area contributed by atoms with Crippen LogP contribution in [0.4, 0.5) is 11.4 Å². The van der Waals surface area contributed by atoms with Gasteiger partial charge in [-0.3, -0.25) is 14.4 Å². The highest BCUT2D eigenvalue weighted by atomic mass is 16.2. The normalized spacial score (nSPS) is 16.6. The first kappa shape index (κ1) is 16.6. The van der Waals surface area contributed by atoms with E-state index in [0.29, 0.717) is 22.6 Å². The lowest BCUT2D eigenvalue weighted by Gasteiger charge is -2.15. The molecular weight excluding hydrogens is 318 g/mol. The number of ketones is 1. The molecule has 0 saturated heterocycles. The van der Waals surface area contributed by atoms with Gasteiger partial charge in [0.05, 0.1) is 17.1 Å². The highest BCUT2D eigenvalue weighted by Gasteiger charge is 2.39. The molecule has 1 aliphatic heterocycles. The number of nitrogens with one attached hydrogen (secondary N) is 1. The minimum absolute atomic E-state index is 0.162. The maximum Gasteiger partial charge on any atom is 0.265 e. The second kappa shape index (κ2) is 6.68. The molecule has 6 nitrogen and oxygen atoms in total. The number of carbonyl (C=O) groups is 3. The van der Waals surface area contributed by atoms with Gasteiger partial charge in [-0.15, -0.1) is 0 Å². The second-order valence-corrected chi connectivity index (χ2v) is 5.75. The first-order valence-corrected chi connectivity index (χ1v) is 7.84. The molecule has 25 heavy (non-hydrogen) atoms. The lowest BCUT2D eigenvalue weighted by atomic mass is 10.0. The molecular formula is C19H17N3O3. The molecule has 1 N–H and O–H groups in total. The van der Waals surface area contributed by atoms with Gasteiger partial charge in [0.25, 0.3) is 5.91 Å². The average molecular weight is 335 g/mol. The Balaban J connectivity index is 1.83. The number of carbonyl (C=O) groups excluding carboxylic acids is 3. The molecule has 3 rings (SSSR count). The quantitative estimate of drug-likeness (QED) is 0.689. The van der Waals surface area contributed by atoms with Gasteiger partial charge in [0.15, 0.2) is 11.7 Å². The van der Waals surface area contributed by atoms with E-state index in [1.165, 1.54) is 11.9 Å². The van der Waals surface area contributed by atoms with E-state index in [1.807, 2.05) is 6.07 Å². The number of rotatable bonds is 4. The van der Waals surface area contributed by atoms with E-state index in [1.54, 1.807) is 55.5 Å². The summed E-state index contributed by atoms with van der Waals surface area (Å²) in [6, 6.07) is 15.6. The van der Waals surface area contributed by atoms with Crippen LogP contribution in [-0.2, 0) is 9.59 Å². The highest BCUT2D eigenvalue weighted by molar-refractivity contribution is 6.29. The molecule has 0 spiro atoms. The zero-order chi connectivity index (χ0) is 18.0. The van der Waals surface area contributed by atoms with Crippen molar-refractivity contribution in [2.45, 2.75) is 13.8 Å². The summed E-state index contributed by atoms with van der Waals surface area (Å²) in [6.45, 7) is 3.07. The summed E-state index contributed by atoms with van der Waals surface area (Å²) < 4.78 is 0. The number of hydrazone groups is 1. The van der Waals surface area contributed by atoms with Crippen LogP contribution >= 0.6 is 0 Å². The molecule has 0 radical (unpaired) electrons. The number of nitrogens with zero attached hydrogens (tertiary/aromatic N) is 2. The fraction of sp³-hybridized carbons (Fsp3) is 0.158. The summed E-state index contributed by atoms with van der Waals surface area (Å²) in [6.07, 6.45) is 0. The predicted octanol–water partition coefficient (Wildman–Crippen LogP) is 2.87. The number of amides is 2. The summed E-state index contributed by atoms with van der Waals surface area (Å²) in [5.41, 5.74) is 1.80. The second-order valence-electron chi connectivity index (χ2n) is 5.75. The fourth-order valence-electron chi connectivity index (χ4n) is 2.73. The van der Waals surface area contributed by atoms with Crippen molar-refractivity contribution in [2.24, 2.45) is 11.0 Å². The molecule has 126 valence electrons. The Morgan fingerprint density at radius 2 is 1.68 bits per heavy atom. The number of hydrogen-bond acceptors (Lipinski definition) is 4. The van der Waals surface area contributed by atoms with Crippen molar-refractivity contribution < 1.29 is 14.4 Å². The Bertz CT molecular complexity index is 874. The maximum atomic E-state index is 12.7. The molecule has 2 aromatic carbocycles. The fourth-order valence-corrected chi connectivity index (χ4v) is 2.73. The number of para-hydroxylation sites is 2. The molecule has 1 aliphatic rings. The van der Waals surface area contributed by atoms with Gasteiger partial charge < -0.3 is 5.32 Å². The molecule has 0 aliphatic carbocycles. The molecule has 0 saturated carbocycles. The molecule has 6 heteroatoms. The van der Waals surface area contributed by atoms with Gasteiger partial charge in [-0.25, -0.2) is 0 Å². The Labute approximate surface area is 145 Å². The first-order chi connectivity index (χ1) is 12.0. The molecule has 0 fully saturated rings. The summed E-state index contributed by atoms with van der Waals surface area (Å²) >= 11 is 0. The van der Waals surface area contributed by atoms with Gasteiger partial charge in [-0.1, -0.05) is 30.3 Å². The van der Waals surface area contributed by atoms with Crippen LogP contribution in [0.15, 0.2) is 59.7 Å². The molecule has 0 bridgehead atoms. The van der Waals surface area contributed by atoms with Crippen LogP contribution in [0.1, 0.15) is 24.2 Å². The Morgan fingerprint density at radius 3 is 2.36 bits per heavy atom. The molecule has 1 heterocycles. The number of hydrogen-bond donors (Lipinski definition) is 1. The van der Waals surface area contributed by atoms with Gasteiger partial charge in [-0.05, 0) is 38.1 Å². The third-order valence-electron chi connectivity index (χ3n) is 3.96. The topological polar surface area (TPSA) is 78.8 Å². The van der Waals surface area contributed by atoms with E-state index in [0.717, 1.165) is 0 Å². The van der Waals surface area contributed by atoms with Crippen molar-refractivity contribution in [1.29, 1.82) is 0 Å². The molecule has 1 unspecified atom stereocenters. The summed E-state index contributed by atoms with van der Waals surface area (Å²) in [5, 5.41) is 8.13. The third kappa shape index (κ3) is 3.19. The maximum absolute atomic E-state index is 12.7. The van der Waals surface area contributed by atoms with Crippen LogP contribution < -0.4 is 10.3 Å². The summed E-state index contributed by atoms with van der Waals surface area (Å²) in [5.74, 6) is -2.09. The zero-order valence-electron chi connectivity index (χ0n) is 13.9. The number of Topliss-reactive ketones (excluding diaryl/α,β-unsaturated/α-hetero) is 1. The Kier molecular flexibility index (Phi) is 4.43. The molecule has 2 amide bonds. The molecule has 2 aromatic rings. The number of anilines is 2. The van der Waals surface area contributed by atoms with Crippen LogP contribution in [0.2, 0.25) is 0 Å². The molecule has 1 atom stereocenters. The van der Waals surface area contributed by atoms with E-state index in [4.69, 9.17) is 0 Å². The van der Waals surface area contributed by atoms with E-state index in [-0.39, 0.29) is 5.78 Å². The lowest BCUT2D eigenvalue weighted by Crippen LogP contribution is -2.36. The van der Waals surface area contributed by atoms with Crippen LogP contribution in [-0.4, -0.2) is 23.3 Å². The largest absolute Gasteiger partial charge is 0.324 e. The molecule has 0 aromatic heterocycles. The predicted molar refractivity (Wildman–Crippen MR) is 95.6 cm³/mol. The van der Waals surface area contributed by atoms with E-state index in [2.05, 4.69) is 10.4 Å². The van der Waals surface area contributed by atoms with Crippen LogP contribution in [0.5, 0.6) is 0 Å². The smallest absolute Gasteiger partial charge is 0.265 e. The van der Waals surface area contributed by atoms with Crippen molar-refractivity contribution in [3.05, 3.63) is 60.2 Å². The van der Waals surface area contributed by atoms with E-state index >= 15 is 0 Å². The van der Waals surface area contributed by atoms with Gasteiger partial charge in [0.2, 0.25) is 5.91 Å². The monoisotopic (exact) mass is 335 g/mol. The van der Waals surface area contributed by atoms with Crippen molar-refractivity contribution >= 4 is 34.7 Å². The van der Waals surface area contributed by atoms with Crippen LogP contribution in [0, 0.1) is 5.92 Å². The first-order valence-electron chi connectivity index (χ1n) is 7.84. The van der Waals surface area contributed by atoms with Crippen molar-refractivity contribution in [3.8, 4) is 0 Å². The highest BCUT2D eigenvalue weighted by Crippen LogP contribution is 2.25. The van der Waals surface area contributed by atoms with Crippen LogP contribution in [0.3, 0.4) is 0 Å². The van der Waals surface area contributed by atoms with Gasteiger partial charge in [-0.2, -0.15) is 10.1 Å². The van der Waals surface area contributed by atoms with Crippen molar-refractivity contribution in [2.75, 3.05) is 10.3 Å². The van der Waals surface area contributed by atoms with Gasteiger partial charge >= 0.3 is 0 Å². The Morgan fingerprint density at radius 1 is 1.04 bits per heavy atom. The van der Waals surface area contributed by atoms with Gasteiger partial charge in [0, 0.05) is 5.56 Å². The van der Waals surface area contributed by atoms with Gasteiger partial charge in [0.1, 0.15) is 0 Å². The SMILES string of the molecule is CC(=O)c1ccccc1NC(=O)C1C(=O)N(c2ccccc2)N=C1C. The van der Waals surface area contributed by atoms with Crippen molar-refractivity contribution in [1.82, 2.24) is 0 Å². The Hall–Kier alpha value is -3.28. The lowest BCUT2D eigenvalue weighted by molar-refractivity contribution is -0.127. The zero-order valence-corrected chi connectivity index (χ0v) is 13.9. The third-order valence-corrected chi connectivity index (χ3v) is 3.96. The standard InChI is InChI=1S/C19H17N3O3/c1-12-17(19(25)22(21-12)14-8-4-3-5-9-14)18(24)20-16-11-7-6-10-15(16)13(2)23/h3-11,17H,1-2H3,(H,20,24). The average Bonchev–Trinajstić information content (AvgIpc) is 2.90. The minimum atomic E-state index is -1.01. The van der Waals surface area contributed by atoms with E-state index in [9.17, 15) is 14.4 Å². The van der Waals surface area contributed by atoms with Crippen molar-refractivity contribution in [3.63, 3.8) is 0 Å².